The van der Waals surface area contributed by atoms with Crippen LogP contribution in [0.1, 0.15) is 30.6 Å². The van der Waals surface area contributed by atoms with Gasteiger partial charge in [-0.3, -0.25) is 9.69 Å². The van der Waals surface area contributed by atoms with Crippen LogP contribution in [-0.2, 0) is 0 Å². The number of carbonyl (C=O) groups is 1. The molecule has 0 radical (unpaired) electrons. The minimum absolute atomic E-state index is 0.0121. The summed E-state index contributed by atoms with van der Waals surface area (Å²) in [7, 11) is 1.90. The molecular formula is C14H19BrClNO2. The van der Waals surface area contributed by atoms with Crippen molar-refractivity contribution in [2.75, 3.05) is 20.2 Å². The van der Waals surface area contributed by atoms with Crippen molar-refractivity contribution in [3.8, 4) is 0 Å². The number of hydrogen-bond donors (Lipinski definition) is 1. The van der Waals surface area contributed by atoms with Crippen LogP contribution in [0.4, 0.5) is 0 Å². The SMILES string of the molecule is CN(CCC(=O)c1ccc(Br)cc1Cl)C(C)(C)CO. The first-order valence-electron chi connectivity index (χ1n) is 6.08. The van der Waals surface area contributed by atoms with E-state index in [1.165, 1.54) is 0 Å². The molecule has 0 aliphatic heterocycles. The predicted molar refractivity (Wildman–Crippen MR) is 81.9 cm³/mol. The summed E-state index contributed by atoms with van der Waals surface area (Å²) in [5.74, 6) is 0.0121. The predicted octanol–water partition coefficient (Wildman–Crippen LogP) is 3.38. The molecule has 0 saturated heterocycles. The fourth-order valence-corrected chi connectivity index (χ4v) is 2.32. The van der Waals surface area contributed by atoms with Gasteiger partial charge in [-0.25, -0.2) is 0 Å². The summed E-state index contributed by atoms with van der Waals surface area (Å²) < 4.78 is 0.854. The highest BCUT2D eigenvalue weighted by molar-refractivity contribution is 9.10. The average Bonchev–Trinajstić information content (AvgIpc) is 2.35. The largest absolute Gasteiger partial charge is 0.394 e. The van der Waals surface area contributed by atoms with E-state index in [0.717, 1.165) is 4.47 Å². The minimum Gasteiger partial charge on any atom is -0.394 e. The minimum atomic E-state index is -0.330. The summed E-state index contributed by atoms with van der Waals surface area (Å²) in [6.07, 6.45) is 0.376. The third-order valence-electron chi connectivity index (χ3n) is 3.33. The van der Waals surface area contributed by atoms with Crippen LogP contribution in [0.2, 0.25) is 5.02 Å². The number of Topliss-reactive ketones (excluding diaryl/α,β-unsaturated/α-hetero) is 1. The number of rotatable bonds is 6. The van der Waals surface area contributed by atoms with Crippen molar-refractivity contribution in [2.24, 2.45) is 0 Å². The van der Waals surface area contributed by atoms with Crippen LogP contribution in [0.15, 0.2) is 22.7 Å². The third-order valence-corrected chi connectivity index (χ3v) is 4.13. The zero-order chi connectivity index (χ0) is 14.6. The van der Waals surface area contributed by atoms with E-state index in [9.17, 15) is 9.90 Å². The highest BCUT2D eigenvalue weighted by atomic mass is 79.9. The number of aliphatic hydroxyl groups is 1. The molecule has 0 amide bonds. The van der Waals surface area contributed by atoms with Crippen LogP contribution in [0.3, 0.4) is 0 Å². The molecule has 0 aliphatic carbocycles. The second-order valence-corrected chi connectivity index (χ2v) is 6.51. The first-order valence-corrected chi connectivity index (χ1v) is 7.25. The Labute approximate surface area is 127 Å². The molecular weight excluding hydrogens is 330 g/mol. The van der Waals surface area contributed by atoms with E-state index in [0.29, 0.717) is 23.6 Å². The van der Waals surface area contributed by atoms with Crippen molar-refractivity contribution >= 4 is 33.3 Å². The molecule has 0 heterocycles. The zero-order valence-corrected chi connectivity index (χ0v) is 13.8. The van der Waals surface area contributed by atoms with Crippen molar-refractivity contribution in [1.29, 1.82) is 0 Å². The lowest BCUT2D eigenvalue weighted by Gasteiger charge is -2.33. The standard InChI is InChI=1S/C14H19BrClNO2/c1-14(2,9-18)17(3)7-6-13(19)11-5-4-10(15)8-12(11)16/h4-5,8,18H,6-7,9H2,1-3H3. The molecule has 0 aliphatic rings. The Hall–Kier alpha value is -0.420. The number of likely N-dealkylation sites (N-methyl/N-ethyl adjacent to an activating group) is 1. The Kier molecular flexibility index (Phi) is 5.99. The molecule has 1 N–H and O–H groups in total. The van der Waals surface area contributed by atoms with Crippen LogP contribution in [-0.4, -0.2) is 41.5 Å². The van der Waals surface area contributed by atoms with Gasteiger partial charge in [0.1, 0.15) is 0 Å². The molecule has 0 atom stereocenters. The highest BCUT2D eigenvalue weighted by Crippen LogP contribution is 2.23. The normalized spacial score (nSPS) is 11.9. The molecule has 5 heteroatoms. The Bertz CT molecular complexity index is 463. The number of aliphatic hydroxyl groups excluding tert-OH is 1. The molecule has 0 fully saturated rings. The first kappa shape index (κ1) is 16.6. The summed E-state index contributed by atoms with van der Waals surface area (Å²) >= 11 is 9.36. The zero-order valence-electron chi connectivity index (χ0n) is 11.4. The van der Waals surface area contributed by atoms with Crippen molar-refractivity contribution < 1.29 is 9.90 Å². The van der Waals surface area contributed by atoms with Crippen molar-refractivity contribution in [3.63, 3.8) is 0 Å². The van der Waals surface area contributed by atoms with Gasteiger partial charge in [-0.05, 0) is 39.1 Å². The summed E-state index contributed by atoms with van der Waals surface area (Å²) in [5, 5.41) is 9.73. The Morgan fingerprint density at radius 3 is 2.63 bits per heavy atom. The molecule has 0 aromatic heterocycles. The van der Waals surface area contributed by atoms with Crippen molar-refractivity contribution in [1.82, 2.24) is 4.90 Å². The van der Waals surface area contributed by atoms with Gasteiger partial charge in [0.25, 0.3) is 0 Å². The number of hydrogen-bond acceptors (Lipinski definition) is 3. The molecule has 106 valence electrons. The van der Waals surface area contributed by atoms with Gasteiger partial charge in [0.05, 0.1) is 11.6 Å². The highest BCUT2D eigenvalue weighted by Gasteiger charge is 2.23. The van der Waals surface area contributed by atoms with Gasteiger partial charge >= 0.3 is 0 Å². The maximum atomic E-state index is 12.1. The van der Waals surface area contributed by atoms with Gasteiger partial charge in [-0.2, -0.15) is 0 Å². The van der Waals surface area contributed by atoms with E-state index in [-0.39, 0.29) is 17.9 Å². The average molecular weight is 349 g/mol. The number of nitrogens with zero attached hydrogens (tertiary/aromatic N) is 1. The monoisotopic (exact) mass is 347 g/mol. The molecule has 0 bridgehead atoms. The van der Waals surface area contributed by atoms with E-state index in [4.69, 9.17) is 11.6 Å². The van der Waals surface area contributed by atoms with E-state index in [1.54, 1.807) is 18.2 Å². The Morgan fingerprint density at radius 2 is 2.11 bits per heavy atom. The summed E-state index contributed by atoms with van der Waals surface area (Å²) in [5.41, 5.74) is 0.212. The summed E-state index contributed by atoms with van der Waals surface area (Å²) in [6, 6.07) is 5.25. The lowest BCUT2D eigenvalue weighted by Crippen LogP contribution is -2.45. The molecule has 19 heavy (non-hydrogen) atoms. The fraction of sp³-hybridized carbons (Fsp3) is 0.500. The second kappa shape index (κ2) is 6.84. The lowest BCUT2D eigenvalue weighted by molar-refractivity contribution is 0.0725. The molecule has 1 rings (SSSR count). The third kappa shape index (κ3) is 4.56. The van der Waals surface area contributed by atoms with E-state index >= 15 is 0 Å². The van der Waals surface area contributed by atoms with Crippen molar-refractivity contribution in [2.45, 2.75) is 25.8 Å². The van der Waals surface area contributed by atoms with Gasteiger partial charge in [-0.1, -0.05) is 27.5 Å². The van der Waals surface area contributed by atoms with E-state index in [1.807, 2.05) is 25.8 Å². The van der Waals surface area contributed by atoms with Crippen LogP contribution in [0.5, 0.6) is 0 Å². The topological polar surface area (TPSA) is 40.5 Å². The molecule has 0 spiro atoms. The lowest BCUT2D eigenvalue weighted by atomic mass is 10.0. The number of benzene rings is 1. The van der Waals surface area contributed by atoms with E-state index < -0.39 is 0 Å². The Balaban J connectivity index is 2.66. The maximum absolute atomic E-state index is 12.1. The van der Waals surface area contributed by atoms with Crippen LogP contribution in [0.25, 0.3) is 0 Å². The second-order valence-electron chi connectivity index (χ2n) is 5.19. The molecule has 0 saturated carbocycles. The maximum Gasteiger partial charge on any atom is 0.165 e. The van der Waals surface area contributed by atoms with E-state index in [2.05, 4.69) is 15.9 Å². The van der Waals surface area contributed by atoms with Gasteiger partial charge in [-0.15, -0.1) is 0 Å². The molecule has 1 aromatic rings. The summed E-state index contributed by atoms with van der Waals surface area (Å²) in [6.45, 7) is 4.50. The number of halogens is 2. The van der Waals surface area contributed by atoms with Crippen LogP contribution >= 0.6 is 27.5 Å². The molecule has 0 unspecified atom stereocenters. The Morgan fingerprint density at radius 1 is 1.47 bits per heavy atom. The quantitative estimate of drug-likeness (QED) is 0.801. The number of carbonyl (C=O) groups excluding carboxylic acids is 1. The van der Waals surface area contributed by atoms with Crippen LogP contribution in [0, 0.1) is 0 Å². The number of ketones is 1. The van der Waals surface area contributed by atoms with Gasteiger partial charge in [0, 0.05) is 28.5 Å². The smallest absolute Gasteiger partial charge is 0.165 e. The first-order chi connectivity index (χ1) is 8.77. The fourth-order valence-electron chi connectivity index (χ4n) is 1.54. The summed E-state index contributed by atoms with van der Waals surface area (Å²) in [4.78, 5) is 14.1. The van der Waals surface area contributed by atoms with Crippen molar-refractivity contribution in [3.05, 3.63) is 33.3 Å². The molecule has 3 nitrogen and oxygen atoms in total. The van der Waals surface area contributed by atoms with Gasteiger partial charge in [0.2, 0.25) is 0 Å². The van der Waals surface area contributed by atoms with Gasteiger partial charge in [0.15, 0.2) is 5.78 Å². The van der Waals surface area contributed by atoms with Crippen LogP contribution < -0.4 is 0 Å². The molecule has 1 aromatic carbocycles. The van der Waals surface area contributed by atoms with Gasteiger partial charge < -0.3 is 5.11 Å².